The van der Waals surface area contributed by atoms with Gasteiger partial charge in [-0.15, -0.1) is 0 Å². The standard InChI is InChI=1S/C22H18O4.C22H22O3/c1-13-11-15(7-9-19(13)23)22(16-8-10-20(24)14(2)12-16)18-6-4-3-5-17(18)21(25)26-22;1-14-12-17(6-10-20(14)24)22(3,16-4-8-19(23)9-5-16)18-7-11-21(25)15(2)13-18/h3-12,23-24H,1-2H3;4-13,23-25H,1-3H3. The molecule has 1 heterocycles. The molecule has 7 rings (SSSR count). The minimum Gasteiger partial charge on any atom is -0.508 e. The van der Waals surface area contributed by atoms with E-state index in [2.05, 4.69) is 6.92 Å². The van der Waals surface area contributed by atoms with E-state index in [1.807, 2.05) is 74.5 Å². The summed E-state index contributed by atoms with van der Waals surface area (Å²) in [5, 5.41) is 49.3. The van der Waals surface area contributed by atoms with Crippen molar-refractivity contribution >= 4 is 5.97 Å². The summed E-state index contributed by atoms with van der Waals surface area (Å²) in [5.74, 6) is 0.719. The van der Waals surface area contributed by atoms with Crippen molar-refractivity contribution in [2.75, 3.05) is 0 Å². The third-order valence-corrected chi connectivity index (χ3v) is 9.97. The van der Waals surface area contributed by atoms with Gasteiger partial charge in [-0.2, -0.15) is 0 Å². The number of carbonyl (C=O) groups is 1. The van der Waals surface area contributed by atoms with E-state index >= 15 is 0 Å². The lowest BCUT2D eigenvalue weighted by molar-refractivity contribution is 0.0251. The lowest BCUT2D eigenvalue weighted by Gasteiger charge is -2.32. The molecule has 0 aromatic heterocycles. The minimum atomic E-state index is -1.12. The van der Waals surface area contributed by atoms with Crippen molar-refractivity contribution < 1.29 is 35.1 Å². The number of carbonyl (C=O) groups excluding carboxylic acids is 1. The Labute approximate surface area is 297 Å². The topological polar surface area (TPSA) is 127 Å². The maximum atomic E-state index is 12.6. The van der Waals surface area contributed by atoms with E-state index < -0.39 is 17.0 Å². The van der Waals surface area contributed by atoms with E-state index in [9.17, 15) is 30.3 Å². The normalized spacial score (nSPS) is 13.2. The van der Waals surface area contributed by atoms with Gasteiger partial charge in [-0.05, 0) is 128 Å². The van der Waals surface area contributed by atoms with Crippen LogP contribution >= 0.6 is 0 Å². The van der Waals surface area contributed by atoms with Crippen LogP contribution < -0.4 is 0 Å². The number of benzene rings is 6. The molecule has 51 heavy (non-hydrogen) atoms. The van der Waals surface area contributed by atoms with Crippen LogP contribution in [0, 0.1) is 27.7 Å². The van der Waals surface area contributed by atoms with Gasteiger partial charge >= 0.3 is 5.97 Å². The van der Waals surface area contributed by atoms with Crippen LogP contribution in [-0.4, -0.2) is 31.5 Å². The van der Waals surface area contributed by atoms with Gasteiger partial charge in [0.05, 0.1) is 5.56 Å². The summed E-state index contributed by atoms with van der Waals surface area (Å²) < 4.78 is 5.98. The summed E-state index contributed by atoms with van der Waals surface area (Å²) in [4.78, 5) is 12.6. The summed E-state index contributed by atoms with van der Waals surface area (Å²) in [6.07, 6.45) is 0. The first-order chi connectivity index (χ1) is 24.2. The second kappa shape index (κ2) is 13.2. The van der Waals surface area contributed by atoms with Gasteiger partial charge in [0, 0.05) is 22.1 Å². The summed E-state index contributed by atoms with van der Waals surface area (Å²) in [7, 11) is 0. The second-order valence-corrected chi connectivity index (χ2v) is 13.3. The molecule has 7 nitrogen and oxygen atoms in total. The molecule has 0 atom stereocenters. The van der Waals surface area contributed by atoms with E-state index in [1.54, 1.807) is 74.5 Å². The number of phenols is 5. The fraction of sp³-hybridized carbons (Fsp3) is 0.159. The lowest BCUT2D eigenvalue weighted by atomic mass is 9.70. The van der Waals surface area contributed by atoms with Gasteiger partial charge < -0.3 is 30.3 Å². The molecule has 7 heteroatoms. The van der Waals surface area contributed by atoms with E-state index in [4.69, 9.17) is 4.74 Å². The number of phenolic OH excluding ortho intramolecular Hbond substituents is 5. The van der Waals surface area contributed by atoms with E-state index in [-0.39, 0.29) is 28.7 Å². The zero-order chi connectivity index (χ0) is 36.7. The zero-order valence-electron chi connectivity index (χ0n) is 29.1. The molecule has 0 bridgehead atoms. The molecule has 0 unspecified atom stereocenters. The van der Waals surface area contributed by atoms with Crippen molar-refractivity contribution in [2.24, 2.45) is 0 Å². The van der Waals surface area contributed by atoms with Crippen LogP contribution in [0.1, 0.15) is 72.9 Å². The molecule has 258 valence electrons. The summed E-state index contributed by atoms with van der Waals surface area (Å²) in [6, 6.07) is 36.0. The van der Waals surface area contributed by atoms with Crippen LogP contribution in [-0.2, 0) is 15.8 Å². The Hall–Kier alpha value is -6.21. The number of ether oxygens (including phenoxy) is 1. The van der Waals surface area contributed by atoms with Crippen LogP contribution in [0.2, 0.25) is 0 Å². The predicted octanol–water partition coefficient (Wildman–Crippen LogP) is 8.95. The third-order valence-electron chi connectivity index (χ3n) is 9.97. The number of esters is 1. The van der Waals surface area contributed by atoms with E-state index in [0.717, 1.165) is 44.5 Å². The first kappa shape index (κ1) is 34.6. The Morgan fingerprint density at radius 3 is 1.37 bits per heavy atom. The number of aromatic hydroxyl groups is 5. The van der Waals surface area contributed by atoms with Crippen LogP contribution in [0.3, 0.4) is 0 Å². The molecule has 6 aromatic carbocycles. The molecule has 6 aromatic rings. The fourth-order valence-electron chi connectivity index (χ4n) is 6.79. The highest BCUT2D eigenvalue weighted by Gasteiger charge is 2.48. The minimum absolute atomic E-state index is 0.184. The molecule has 0 spiro atoms. The van der Waals surface area contributed by atoms with Gasteiger partial charge in [0.2, 0.25) is 0 Å². The Balaban J connectivity index is 0.000000176. The summed E-state index contributed by atoms with van der Waals surface area (Å²) in [6.45, 7) is 9.46. The molecule has 0 aliphatic carbocycles. The monoisotopic (exact) mass is 680 g/mol. The molecule has 0 saturated heterocycles. The van der Waals surface area contributed by atoms with Crippen molar-refractivity contribution in [3.8, 4) is 28.7 Å². The Morgan fingerprint density at radius 2 is 0.922 bits per heavy atom. The number of hydrogen-bond donors (Lipinski definition) is 5. The SMILES string of the molecule is Cc1cc(C(C)(c2ccc(O)cc2)c2ccc(O)c(C)c2)ccc1O.Cc1cc(C2(c3ccc(O)c(C)c3)OC(=O)c3ccccc32)ccc1O. The number of fused-ring (bicyclic) bond motifs is 1. The molecule has 1 aliphatic heterocycles. The van der Waals surface area contributed by atoms with Gasteiger partial charge in [-0.25, -0.2) is 4.79 Å². The van der Waals surface area contributed by atoms with Gasteiger partial charge in [0.15, 0.2) is 5.60 Å². The molecule has 0 saturated carbocycles. The highest BCUT2D eigenvalue weighted by Crippen LogP contribution is 2.48. The van der Waals surface area contributed by atoms with Crippen LogP contribution in [0.15, 0.2) is 121 Å². The van der Waals surface area contributed by atoms with Gasteiger partial charge in [0.1, 0.15) is 28.7 Å². The highest BCUT2D eigenvalue weighted by atomic mass is 16.6. The molecule has 5 N–H and O–H groups in total. The maximum Gasteiger partial charge on any atom is 0.340 e. The second-order valence-electron chi connectivity index (χ2n) is 13.3. The van der Waals surface area contributed by atoms with Crippen LogP contribution in [0.5, 0.6) is 28.7 Å². The first-order valence-corrected chi connectivity index (χ1v) is 16.6. The van der Waals surface area contributed by atoms with Crippen molar-refractivity contribution in [3.63, 3.8) is 0 Å². The van der Waals surface area contributed by atoms with Crippen LogP contribution in [0.4, 0.5) is 0 Å². The average Bonchev–Trinajstić information content (AvgIpc) is 3.42. The quantitative estimate of drug-likeness (QED) is 0.0909. The number of aryl methyl sites for hydroxylation is 4. The first-order valence-electron chi connectivity index (χ1n) is 16.6. The Kier molecular flexibility index (Phi) is 9.00. The van der Waals surface area contributed by atoms with Gasteiger partial charge in [-0.1, -0.05) is 66.7 Å². The molecular formula is C44H40O7. The number of cyclic esters (lactones) is 1. The van der Waals surface area contributed by atoms with Crippen molar-refractivity contribution in [2.45, 2.75) is 45.6 Å². The zero-order valence-corrected chi connectivity index (χ0v) is 29.1. The van der Waals surface area contributed by atoms with Gasteiger partial charge in [-0.3, -0.25) is 0 Å². The van der Waals surface area contributed by atoms with E-state index in [1.165, 1.54) is 0 Å². The molecule has 0 amide bonds. The Bertz CT molecular complexity index is 2170. The third kappa shape index (κ3) is 6.12. The molecule has 0 radical (unpaired) electrons. The fourth-order valence-corrected chi connectivity index (χ4v) is 6.79. The lowest BCUT2D eigenvalue weighted by Crippen LogP contribution is -2.29. The van der Waals surface area contributed by atoms with E-state index in [0.29, 0.717) is 16.7 Å². The van der Waals surface area contributed by atoms with Crippen molar-refractivity contribution in [1.29, 1.82) is 0 Å². The highest BCUT2D eigenvalue weighted by molar-refractivity contribution is 5.96. The van der Waals surface area contributed by atoms with Crippen molar-refractivity contribution in [3.05, 3.63) is 183 Å². The van der Waals surface area contributed by atoms with Gasteiger partial charge in [0.25, 0.3) is 0 Å². The number of rotatable bonds is 5. The Morgan fingerprint density at radius 1 is 0.510 bits per heavy atom. The largest absolute Gasteiger partial charge is 0.508 e. The summed E-state index contributed by atoms with van der Waals surface area (Å²) >= 11 is 0. The maximum absolute atomic E-state index is 12.6. The number of hydrogen-bond acceptors (Lipinski definition) is 7. The molecule has 1 aliphatic rings. The van der Waals surface area contributed by atoms with Crippen LogP contribution in [0.25, 0.3) is 0 Å². The van der Waals surface area contributed by atoms with Crippen molar-refractivity contribution in [1.82, 2.24) is 0 Å². The predicted molar refractivity (Wildman–Crippen MR) is 197 cm³/mol. The molecular weight excluding hydrogens is 640 g/mol. The smallest absolute Gasteiger partial charge is 0.340 e. The summed E-state index contributed by atoms with van der Waals surface area (Å²) in [5.41, 5.74) is 7.20. The molecule has 0 fully saturated rings. The average molecular weight is 681 g/mol.